The van der Waals surface area contributed by atoms with Crippen LogP contribution in [0.2, 0.25) is 0 Å². The van der Waals surface area contributed by atoms with E-state index >= 15 is 0 Å². The summed E-state index contributed by atoms with van der Waals surface area (Å²) in [6.07, 6.45) is -5.84. The molecule has 3 nitrogen and oxygen atoms in total. The summed E-state index contributed by atoms with van der Waals surface area (Å²) in [4.78, 5) is 15.7. The van der Waals surface area contributed by atoms with Gasteiger partial charge in [-0.25, -0.2) is 4.98 Å². The highest BCUT2D eigenvalue weighted by molar-refractivity contribution is 5.04. The maximum atomic E-state index is 12.7. The second kappa shape index (κ2) is 3.39. The van der Waals surface area contributed by atoms with Crippen molar-refractivity contribution in [2.75, 3.05) is 0 Å². The minimum Gasteiger partial charge on any atom is -0.308 e. The van der Waals surface area contributed by atoms with Gasteiger partial charge in [0.15, 0.2) is 0 Å². The Morgan fingerprint density at radius 2 is 2.00 bits per heavy atom. The number of nitrogens with zero attached hydrogens (tertiary/aromatic N) is 1. The largest absolute Gasteiger partial charge is 0.396 e. The Balaban J connectivity index is 3.08. The molecular weight excluding hydrogens is 204 g/mol. The van der Waals surface area contributed by atoms with Crippen molar-refractivity contribution >= 4 is 0 Å². The van der Waals surface area contributed by atoms with Crippen molar-refractivity contribution < 1.29 is 17.6 Å². The molecule has 0 atom stereocenters. The van der Waals surface area contributed by atoms with Gasteiger partial charge in [0.1, 0.15) is 12.2 Å². The van der Waals surface area contributed by atoms with Gasteiger partial charge in [-0.2, -0.15) is 17.6 Å². The van der Waals surface area contributed by atoms with E-state index in [9.17, 15) is 22.4 Å². The zero-order valence-electron chi connectivity index (χ0n) is 7.07. The monoisotopic (exact) mass is 210 g/mol. The van der Waals surface area contributed by atoms with Crippen molar-refractivity contribution in [3.63, 3.8) is 0 Å². The highest BCUT2D eigenvalue weighted by atomic mass is 19.4. The van der Waals surface area contributed by atoms with E-state index in [4.69, 9.17) is 0 Å². The minimum atomic E-state index is -4.47. The van der Waals surface area contributed by atoms with Gasteiger partial charge < -0.3 is 4.98 Å². The van der Waals surface area contributed by atoms with Gasteiger partial charge in [0.2, 0.25) is 5.82 Å². The summed E-state index contributed by atoms with van der Waals surface area (Å²) in [5, 5.41) is 0. The molecule has 7 heteroatoms. The summed E-state index contributed by atoms with van der Waals surface area (Å²) in [6.45, 7) is 1.13. The van der Waals surface area contributed by atoms with Crippen molar-refractivity contribution in [2.45, 2.75) is 19.5 Å². The molecule has 0 radical (unpaired) electrons. The quantitative estimate of drug-likeness (QED) is 0.710. The fourth-order valence-corrected chi connectivity index (χ4v) is 0.903. The smallest absolute Gasteiger partial charge is 0.308 e. The van der Waals surface area contributed by atoms with Crippen molar-refractivity contribution in [2.24, 2.45) is 0 Å². The van der Waals surface area contributed by atoms with Gasteiger partial charge in [0.05, 0.1) is 5.69 Å². The van der Waals surface area contributed by atoms with E-state index in [-0.39, 0.29) is 5.69 Å². The van der Waals surface area contributed by atoms with Crippen LogP contribution in [-0.2, 0) is 6.42 Å². The Morgan fingerprint density at radius 3 is 2.43 bits per heavy atom. The van der Waals surface area contributed by atoms with E-state index in [0.717, 1.165) is 6.92 Å². The standard InChI is InChI=1S/C7H6F4N2O/c1-3-5(8)6(14)13-4(12-3)2-7(9,10)11/h2H2,1H3,(H,12,13,14). The van der Waals surface area contributed by atoms with Crippen LogP contribution < -0.4 is 5.56 Å². The molecule has 0 fully saturated rings. The summed E-state index contributed by atoms with van der Waals surface area (Å²) < 4.78 is 48.2. The van der Waals surface area contributed by atoms with Crippen molar-refractivity contribution in [1.29, 1.82) is 0 Å². The predicted octanol–water partition coefficient (Wildman–Crippen LogP) is 1.32. The third kappa shape index (κ3) is 2.54. The lowest BCUT2D eigenvalue weighted by molar-refractivity contribution is -0.128. The molecule has 0 aliphatic rings. The van der Waals surface area contributed by atoms with Crippen LogP contribution in [0.5, 0.6) is 0 Å². The maximum absolute atomic E-state index is 12.7. The molecule has 78 valence electrons. The Bertz CT molecular complexity index is 396. The molecule has 0 spiro atoms. The molecule has 14 heavy (non-hydrogen) atoms. The second-order valence-electron chi connectivity index (χ2n) is 2.70. The number of aromatic amines is 1. The summed E-state index contributed by atoms with van der Waals surface area (Å²) in [5.74, 6) is -1.74. The van der Waals surface area contributed by atoms with Gasteiger partial charge in [-0.1, -0.05) is 0 Å². The Hall–Kier alpha value is -1.40. The van der Waals surface area contributed by atoms with Gasteiger partial charge in [-0.3, -0.25) is 4.79 Å². The number of aromatic nitrogens is 2. The first-order valence-electron chi connectivity index (χ1n) is 3.61. The molecule has 1 aromatic heterocycles. The third-order valence-electron chi connectivity index (χ3n) is 1.45. The number of rotatable bonds is 1. The normalized spacial score (nSPS) is 11.8. The molecule has 0 aromatic carbocycles. The van der Waals surface area contributed by atoms with Crippen LogP contribution >= 0.6 is 0 Å². The van der Waals surface area contributed by atoms with Crippen LogP contribution in [0.15, 0.2) is 4.79 Å². The average molecular weight is 210 g/mol. The lowest BCUT2D eigenvalue weighted by Crippen LogP contribution is -2.22. The van der Waals surface area contributed by atoms with Crippen molar-refractivity contribution in [3.8, 4) is 0 Å². The lowest BCUT2D eigenvalue weighted by Gasteiger charge is -2.05. The third-order valence-corrected chi connectivity index (χ3v) is 1.45. The number of nitrogens with one attached hydrogen (secondary N) is 1. The van der Waals surface area contributed by atoms with Crippen LogP contribution in [0.25, 0.3) is 0 Å². The Morgan fingerprint density at radius 1 is 1.43 bits per heavy atom. The molecule has 1 rings (SSSR count). The van der Waals surface area contributed by atoms with Crippen molar-refractivity contribution in [3.05, 3.63) is 27.7 Å². The maximum Gasteiger partial charge on any atom is 0.396 e. The van der Waals surface area contributed by atoms with Crippen LogP contribution in [0.4, 0.5) is 17.6 Å². The number of hydrogen-bond donors (Lipinski definition) is 1. The van der Waals surface area contributed by atoms with E-state index in [0.29, 0.717) is 0 Å². The van der Waals surface area contributed by atoms with E-state index in [2.05, 4.69) is 4.98 Å². The molecular formula is C7H6F4N2O. The summed E-state index contributed by atoms with van der Waals surface area (Å²) >= 11 is 0. The molecule has 1 heterocycles. The van der Waals surface area contributed by atoms with Gasteiger partial charge in [0, 0.05) is 0 Å². The predicted molar refractivity (Wildman–Crippen MR) is 39.3 cm³/mol. The molecule has 0 unspecified atom stereocenters. The molecule has 0 aliphatic heterocycles. The zero-order chi connectivity index (χ0) is 10.9. The van der Waals surface area contributed by atoms with Crippen LogP contribution in [0.1, 0.15) is 11.5 Å². The summed E-state index contributed by atoms with van der Waals surface area (Å²) in [6, 6.07) is 0. The molecule has 0 aliphatic carbocycles. The van der Waals surface area contributed by atoms with E-state index in [1.54, 1.807) is 4.98 Å². The lowest BCUT2D eigenvalue weighted by atomic mass is 10.3. The fourth-order valence-electron chi connectivity index (χ4n) is 0.903. The first-order valence-corrected chi connectivity index (χ1v) is 3.61. The van der Waals surface area contributed by atoms with Crippen LogP contribution in [-0.4, -0.2) is 16.1 Å². The molecule has 0 saturated carbocycles. The number of halogens is 4. The molecule has 0 amide bonds. The summed E-state index contributed by atoms with van der Waals surface area (Å²) in [5.41, 5.74) is -1.52. The molecule has 0 bridgehead atoms. The average Bonchev–Trinajstić information content (AvgIpc) is 1.96. The van der Waals surface area contributed by atoms with Crippen LogP contribution in [0.3, 0.4) is 0 Å². The molecule has 1 N–H and O–H groups in total. The van der Waals surface area contributed by atoms with E-state index < -0.39 is 29.8 Å². The zero-order valence-corrected chi connectivity index (χ0v) is 7.07. The second-order valence-corrected chi connectivity index (χ2v) is 2.70. The van der Waals surface area contributed by atoms with Gasteiger partial charge in [0.25, 0.3) is 5.56 Å². The van der Waals surface area contributed by atoms with Gasteiger partial charge in [-0.15, -0.1) is 0 Å². The SMILES string of the molecule is Cc1nc(CC(F)(F)F)[nH]c(=O)c1F. The van der Waals surface area contributed by atoms with E-state index in [1.165, 1.54) is 0 Å². The van der Waals surface area contributed by atoms with Crippen molar-refractivity contribution in [1.82, 2.24) is 9.97 Å². The number of aryl methyl sites for hydroxylation is 1. The Kier molecular flexibility index (Phi) is 2.59. The first kappa shape index (κ1) is 10.7. The van der Waals surface area contributed by atoms with Gasteiger partial charge >= 0.3 is 6.18 Å². The highest BCUT2D eigenvalue weighted by Gasteiger charge is 2.29. The van der Waals surface area contributed by atoms with Crippen LogP contribution in [0, 0.1) is 12.7 Å². The number of hydrogen-bond acceptors (Lipinski definition) is 2. The highest BCUT2D eigenvalue weighted by Crippen LogP contribution is 2.18. The van der Waals surface area contributed by atoms with E-state index in [1.807, 2.05) is 0 Å². The Labute approximate surface area is 75.8 Å². The fraction of sp³-hybridized carbons (Fsp3) is 0.429. The van der Waals surface area contributed by atoms with Gasteiger partial charge in [-0.05, 0) is 6.92 Å². The first-order chi connectivity index (χ1) is 6.29. The minimum absolute atomic E-state index is 0.340. The molecule has 1 aromatic rings. The summed E-state index contributed by atoms with van der Waals surface area (Å²) in [7, 11) is 0. The topological polar surface area (TPSA) is 45.8 Å². The number of alkyl halides is 3. The number of H-pyrrole nitrogens is 1. The molecule has 0 saturated heterocycles.